The molecule has 0 bridgehead atoms. The average molecular weight is 308 g/mol. The summed E-state index contributed by atoms with van der Waals surface area (Å²) in [6, 6.07) is 5.61. The maximum atomic E-state index is 5.85. The van der Waals surface area contributed by atoms with Crippen LogP contribution in [0.15, 0.2) is 18.2 Å². The minimum absolute atomic E-state index is 0.372. The molecule has 0 aromatic heterocycles. The quantitative estimate of drug-likeness (QED) is 0.591. The molecule has 4 nitrogen and oxygen atoms in total. The molecule has 0 unspecified atom stereocenters. The summed E-state index contributed by atoms with van der Waals surface area (Å²) < 4.78 is 11.5. The van der Waals surface area contributed by atoms with Gasteiger partial charge in [-0.1, -0.05) is 12.2 Å². The van der Waals surface area contributed by atoms with Crippen molar-refractivity contribution in [1.29, 1.82) is 0 Å². The molecule has 1 heterocycles. The zero-order valence-electron chi connectivity index (χ0n) is 12.6. The van der Waals surface area contributed by atoms with Gasteiger partial charge in [-0.15, -0.1) is 0 Å². The Hall–Kier alpha value is -1.33. The van der Waals surface area contributed by atoms with Crippen molar-refractivity contribution in [3.8, 4) is 11.5 Å². The molecule has 0 amide bonds. The van der Waals surface area contributed by atoms with Gasteiger partial charge in [-0.3, -0.25) is 0 Å². The van der Waals surface area contributed by atoms with Crippen LogP contribution in [0, 0.1) is 0 Å². The van der Waals surface area contributed by atoms with Crippen LogP contribution in [0.25, 0.3) is 0 Å². The van der Waals surface area contributed by atoms with Crippen molar-refractivity contribution >= 4 is 17.2 Å². The number of likely N-dealkylation sites (tertiary alicyclic amines) is 1. The monoisotopic (exact) mass is 308 g/mol. The third-order valence-electron chi connectivity index (χ3n) is 3.60. The summed E-state index contributed by atoms with van der Waals surface area (Å²) in [5.41, 5.74) is 6.45. The van der Waals surface area contributed by atoms with Crippen LogP contribution in [0.4, 0.5) is 0 Å². The van der Waals surface area contributed by atoms with Crippen molar-refractivity contribution in [2.45, 2.75) is 26.2 Å². The zero-order chi connectivity index (χ0) is 15.1. The number of ether oxygens (including phenoxy) is 2. The fourth-order valence-corrected chi connectivity index (χ4v) is 2.65. The topological polar surface area (TPSA) is 47.7 Å². The van der Waals surface area contributed by atoms with Gasteiger partial charge in [-0.05, 0) is 57.5 Å². The van der Waals surface area contributed by atoms with Crippen molar-refractivity contribution in [3.05, 3.63) is 23.8 Å². The van der Waals surface area contributed by atoms with E-state index >= 15 is 0 Å². The molecule has 2 N–H and O–H groups in total. The lowest BCUT2D eigenvalue weighted by Gasteiger charge is -2.16. The largest absolute Gasteiger partial charge is 0.490 e. The summed E-state index contributed by atoms with van der Waals surface area (Å²) in [4.78, 5) is 2.86. The van der Waals surface area contributed by atoms with Crippen molar-refractivity contribution < 1.29 is 9.47 Å². The van der Waals surface area contributed by atoms with Gasteiger partial charge in [0.25, 0.3) is 0 Å². The number of hydrogen-bond donors (Lipinski definition) is 1. The predicted molar refractivity (Wildman–Crippen MR) is 89.3 cm³/mol. The first-order chi connectivity index (χ1) is 10.2. The van der Waals surface area contributed by atoms with E-state index in [1.165, 1.54) is 25.9 Å². The highest BCUT2D eigenvalue weighted by Gasteiger charge is 2.11. The first kappa shape index (κ1) is 16.0. The third-order valence-corrected chi connectivity index (χ3v) is 3.84. The zero-order valence-corrected chi connectivity index (χ0v) is 13.5. The van der Waals surface area contributed by atoms with Crippen LogP contribution in [0.5, 0.6) is 11.5 Å². The van der Waals surface area contributed by atoms with Crippen LogP contribution in [-0.4, -0.2) is 42.7 Å². The van der Waals surface area contributed by atoms with Gasteiger partial charge in [0, 0.05) is 12.1 Å². The number of benzene rings is 1. The van der Waals surface area contributed by atoms with Crippen LogP contribution in [-0.2, 0) is 0 Å². The Morgan fingerprint density at radius 1 is 1.24 bits per heavy atom. The molecule has 116 valence electrons. The van der Waals surface area contributed by atoms with E-state index in [9.17, 15) is 0 Å². The summed E-state index contributed by atoms with van der Waals surface area (Å²) in [5.74, 6) is 1.47. The molecule has 1 saturated heterocycles. The second-order valence-corrected chi connectivity index (χ2v) is 5.65. The Balaban J connectivity index is 1.87. The molecule has 0 saturated carbocycles. The Kier molecular flexibility index (Phi) is 6.26. The molecule has 1 aliphatic heterocycles. The molecular formula is C16H24N2O2S. The standard InChI is InChI=1S/C16H24N2O2S/c1-2-19-15-12-13(16(17)21)6-7-14(15)20-11-5-10-18-8-3-4-9-18/h6-7,12H,2-5,8-11H2,1H3,(H2,17,21). The van der Waals surface area contributed by atoms with Crippen LogP contribution in [0.1, 0.15) is 31.7 Å². The van der Waals surface area contributed by atoms with E-state index in [2.05, 4.69) is 4.90 Å². The summed E-state index contributed by atoms with van der Waals surface area (Å²) in [7, 11) is 0. The highest BCUT2D eigenvalue weighted by molar-refractivity contribution is 7.80. The summed E-state index contributed by atoms with van der Waals surface area (Å²) in [6.45, 7) is 6.80. The molecule has 21 heavy (non-hydrogen) atoms. The molecule has 1 aliphatic rings. The molecule has 0 spiro atoms. The molecule has 1 aromatic carbocycles. The lowest BCUT2D eigenvalue weighted by molar-refractivity contribution is 0.248. The summed E-state index contributed by atoms with van der Waals surface area (Å²) in [5, 5.41) is 0. The first-order valence-electron chi connectivity index (χ1n) is 7.62. The SMILES string of the molecule is CCOc1cc(C(N)=S)ccc1OCCCN1CCCC1. The van der Waals surface area contributed by atoms with Crippen molar-refractivity contribution in [2.75, 3.05) is 32.8 Å². The van der Waals surface area contributed by atoms with Crippen molar-refractivity contribution in [3.63, 3.8) is 0 Å². The van der Waals surface area contributed by atoms with E-state index < -0.39 is 0 Å². The van der Waals surface area contributed by atoms with E-state index in [1.54, 1.807) is 0 Å². The van der Waals surface area contributed by atoms with Crippen LogP contribution in [0.3, 0.4) is 0 Å². The third kappa shape index (κ3) is 4.86. The number of hydrogen-bond acceptors (Lipinski definition) is 4. The van der Waals surface area contributed by atoms with Gasteiger partial charge in [-0.2, -0.15) is 0 Å². The van der Waals surface area contributed by atoms with Gasteiger partial charge < -0.3 is 20.1 Å². The Morgan fingerprint density at radius 3 is 2.67 bits per heavy atom. The smallest absolute Gasteiger partial charge is 0.161 e. The molecule has 0 aliphatic carbocycles. The maximum Gasteiger partial charge on any atom is 0.161 e. The fraction of sp³-hybridized carbons (Fsp3) is 0.562. The number of nitrogens with zero attached hydrogens (tertiary/aromatic N) is 1. The van der Waals surface area contributed by atoms with Gasteiger partial charge in [0.05, 0.1) is 13.2 Å². The van der Waals surface area contributed by atoms with Gasteiger partial charge in [0.2, 0.25) is 0 Å². The second-order valence-electron chi connectivity index (χ2n) is 5.21. The van der Waals surface area contributed by atoms with Crippen LogP contribution >= 0.6 is 12.2 Å². The predicted octanol–water partition coefficient (Wildman–Crippen LogP) is 2.58. The molecule has 5 heteroatoms. The Labute approximate surface area is 132 Å². The van der Waals surface area contributed by atoms with Gasteiger partial charge in [-0.25, -0.2) is 0 Å². The van der Waals surface area contributed by atoms with E-state index in [-0.39, 0.29) is 0 Å². The first-order valence-corrected chi connectivity index (χ1v) is 8.03. The number of rotatable bonds is 8. The minimum Gasteiger partial charge on any atom is -0.490 e. The maximum absolute atomic E-state index is 5.85. The lowest BCUT2D eigenvalue weighted by atomic mass is 10.2. The average Bonchev–Trinajstić information content (AvgIpc) is 2.98. The van der Waals surface area contributed by atoms with Gasteiger partial charge in [0.1, 0.15) is 4.99 Å². The Morgan fingerprint density at radius 2 is 2.00 bits per heavy atom. The molecule has 0 atom stereocenters. The molecule has 1 fully saturated rings. The normalized spacial score (nSPS) is 15.1. The van der Waals surface area contributed by atoms with Crippen molar-refractivity contribution in [1.82, 2.24) is 4.90 Å². The van der Waals surface area contributed by atoms with Gasteiger partial charge in [0.15, 0.2) is 11.5 Å². The lowest BCUT2D eigenvalue weighted by Crippen LogP contribution is -2.22. The highest BCUT2D eigenvalue weighted by Crippen LogP contribution is 2.28. The summed E-state index contributed by atoms with van der Waals surface area (Å²) in [6.07, 6.45) is 3.69. The molecule has 1 aromatic rings. The van der Waals surface area contributed by atoms with E-state index in [0.29, 0.717) is 24.0 Å². The van der Waals surface area contributed by atoms with E-state index in [1.807, 2.05) is 25.1 Å². The van der Waals surface area contributed by atoms with Crippen molar-refractivity contribution in [2.24, 2.45) is 5.73 Å². The van der Waals surface area contributed by atoms with E-state index in [4.69, 9.17) is 27.4 Å². The fourth-order valence-electron chi connectivity index (χ4n) is 2.53. The second kappa shape index (κ2) is 8.20. The molecule has 0 radical (unpaired) electrons. The molecule has 2 rings (SSSR count). The van der Waals surface area contributed by atoms with Gasteiger partial charge >= 0.3 is 0 Å². The van der Waals surface area contributed by atoms with Crippen LogP contribution < -0.4 is 15.2 Å². The highest BCUT2D eigenvalue weighted by atomic mass is 32.1. The summed E-state index contributed by atoms with van der Waals surface area (Å²) >= 11 is 4.99. The van der Waals surface area contributed by atoms with Crippen LogP contribution in [0.2, 0.25) is 0 Å². The van der Waals surface area contributed by atoms with E-state index in [0.717, 1.165) is 24.3 Å². The Bertz CT molecular complexity index is 473. The number of thiocarbonyl (C=S) groups is 1. The number of nitrogens with two attached hydrogens (primary N) is 1. The molecular weight excluding hydrogens is 284 g/mol. The minimum atomic E-state index is 0.372.